The highest BCUT2D eigenvalue weighted by Crippen LogP contribution is 2.29. The highest BCUT2D eigenvalue weighted by Gasteiger charge is 2.33. The molecule has 1 aromatic rings. The maximum absolute atomic E-state index is 11.9. The van der Waals surface area contributed by atoms with Gasteiger partial charge in [0, 0.05) is 6.08 Å². The van der Waals surface area contributed by atoms with E-state index in [1.807, 2.05) is 6.07 Å². The number of amides is 1. The lowest BCUT2D eigenvalue weighted by Crippen LogP contribution is -2.48. The van der Waals surface area contributed by atoms with Gasteiger partial charge in [0.15, 0.2) is 0 Å². The summed E-state index contributed by atoms with van der Waals surface area (Å²) in [5.41, 5.74) is 1.02. The van der Waals surface area contributed by atoms with Gasteiger partial charge in [-0.1, -0.05) is 25.0 Å². The summed E-state index contributed by atoms with van der Waals surface area (Å²) in [5.74, 6) is -0.190. The predicted octanol–water partition coefficient (Wildman–Crippen LogP) is 1.99. The number of nitrogens with one attached hydrogen (secondary N) is 1. The Morgan fingerprint density at radius 3 is 2.55 bits per heavy atom. The molecule has 104 valence electrons. The lowest BCUT2D eigenvalue weighted by Gasteiger charge is -2.27. The average Bonchev–Trinajstić information content (AvgIpc) is 2.95. The molecular formula is C16H18N2O2. The molecule has 0 aromatic heterocycles. The number of hydrogen-bond acceptors (Lipinski definition) is 3. The summed E-state index contributed by atoms with van der Waals surface area (Å²) in [6.07, 6.45) is 6.92. The van der Waals surface area contributed by atoms with Gasteiger partial charge in [-0.2, -0.15) is 5.26 Å². The zero-order valence-electron chi connectivity index (χ0n) is 11.3. The van der Waals surface area contributed by atoms with E-state index in [9.17, 15) is 9.90 Å². The second kappa shape index (κ2) is 6.36. The summed E-state index contributed by atoms with van der Waals surface area (Å²) in [5, 5.41) is 21.1. The van der Waals surface area contributed by atoms with Crippen LogP contribution in [0.15, 0.2) is 30.3 Å². The molecule has 1 fully saturated rings. The smallest absolute Gasteiger partial charge is 0.244 e. The normalized spacial score (nSPS) is 17.0. The fraction of sp³-hybridized carbons (Fsp3) is 0.375. The van der Waals surface area contributed by atoms with Gasteiger partial charge in [0.25, 0.3) is 0 Å². The van der Waals surface area contributed by atoms with E-state index in [1.54, 1.807) is 30.3 Å². The van der Waals surface area contributed by atoms with Crippen molar-refractivity contribution in [3.63, 3.8) is 0 Å². The van der Waals surface area contributed by atoms with Crippen molar-refractivity contribution in [2.75, 3.05) is 6.61 Å². The molecule has 20 heavy (non-hydrogen) atoms. The van der Waals surface area contributed by atoms with E-state index < -0.39 is 5.54 Å². The van der Waals surface area contributed by atoms with Crippen molar-refractivity contribution in [3.05, 3.63) is 41.5 Å². The van der Waals surface area contributed by atoms with E-state index >= 15 is 0 Å². The Balaban J connectivity index is 1.96. The van der Waals surface area contributed by atoms with Crippen molar-refractivity contribution in [1.82, 2.24) is 5.32 Å². The van der Waals surface area contributed by atoms with Crippen LogP contribution in [-0.2, 0) is 4.79 Å². The van der Waals surface area contributed by atoms with Crippen LogP contribution in [0, 0.1) is 11.3 Å². The molecule has 1 aliphatic rings. The lowest BCUT2D eigenvalue weighted by atomic mass is 9.99. The third kappa shape index (κ3) is 3.46. The predicted molar refractivity (Wildman–Crippen MR) is 76.6 cm³/mol. The highest BCUT2D eigenvalue weighted by molar-refractivity contribution is 5.92. The van der Waals surface area contributed by atoms with E-state index in [4.69, 9.17) is 5.26 Å². The Kier molecular flexibility index (Phi) is 4.54. The van der Waals surface area contributed by atoms with Crippen LogP contribution in [0.3, 0.4) is 0 Å². The lowest BCUT2D eigenvalue weighted by molar-refractivity contribution is -0.118. The summed E-state index contributed by atoms with van der Waals surface area (Å²) >= 11 is 0. The Morgan fingerprint density at radius 1 is 1.35 bits per heavy atom. The summed E-state index contributed by atoms with van der Waals surface area (Å²) in [6.45, 7) is -0.0105. The quantitative estimate of drug-likeness (QED) is 0.822. The van der Waals surface area contributed by atoms with Crippen LogP contribution in [0.25, 0.3) is 6.08 Å². The summed E-state index contributed by atoms with van der Waals surface area (Å²) < 4.78 is 0. The van der Waals surface area contributed by atoms with E-state index in [0.29, 0.717) is 5.56 Å². The molecule has 0 unspecified atom stereocenters. The Hall–Kier alpha value is -2.12. The molecule has 0 saturated heterocycles. The first-order valence-electron chi connectivity index (χ1n) is 6.79. The number of nitrogens with zero attached hydrogens (tertiary/aromatic N) is 1. The first kappa shape index (κ1) is 14.3. The zero-order chi connectivity index (χ0) is 14.4. The van der Waals surface area contributed by atoms with E-state index in [0.717, 1.165) is 31.2 Å². The van der Waals surface area contributed by atoms with Gasteiger partial charge in [-0.25, -0.2) is 0 Å². The van der Waals surface area contributed by atoms with Crippen LogP contribution in [0.5, 0.6) is 0 Å². The number of aliphatic hydroxyl groups is 1. The van der Waals surface area contributed by atoms with Crippen LogP contribution in [0.4, 0.5) is 0 Å². The summed E-state index contributed by atoms with van der Waals surface area (Å²) in [4.78, 5) is 11.9. The van der Waals surface area contributed by atoms with Gasteiger partial charge in [0.05, 0.1) is 23.8 Å². The number of benzene rings is 1. The first-order valence-corrected chi connectivity index (χ1v) is 6.79. The third-order valence-electron chi connectivity index (χ3n) is 3.72. The van der Waals surface area contributed by atoms with Gasteiger partial charge in [0.1, 0.15) is 0 Å². The molecule has 0 aliphatic heterocycles. The van der Waals surface area contributed by atoms with Gasteiger partial charge >= 0.3 is 0 Å². The SMILES string of the molecule is N#Cc1ccc(C=CC(=O)NC2(CO)CCCC2)cc1. The molecule has 0 bridgehead atoms. The second-order valence-corrected chi connectivity index (χ2v) is 5.20. The molecule has 0 atom stereocenters. The molecule has 1 amide bonds. The molecule has 0 radical (unpaired) electrons. The zero-order valence-corrected chi connectivity index (χ0v) is 11.3. The molecule has 0 spiro atoms. The molecule has 4 heteroatoms. The van der Waals surface area contributed by atoms with Gasteiger partial charge < -0.3 is 10.4 Å². The standard InChI is InChI=1S/C16H18N2O2/c17-11-14-5-3-13(4-6-14)7-8-15(20)18-16(12-19)9-1-2-10-16/h3-8,19H,1-2,9-10,12H2,(H,18,20). The maximum atomic E-state index is 11.9. The molecule has 1 saturated carbocycles. The fourth-order valence-electron chi connectivity index (χ4n) is 2.52. The van der Waals surface area contributed by atoms with Crippen molar-refractivity contribution in [2.24, 2.45) is 0 Å². The van der Waals surface area contributed by atoms with Crippen molar-refractivity contribution >= 4 is 12.0 Å². The molecule has 1 aliphatic carbocycles. The van der Waals surface area contributed by atoms with Crippen molar-refractivity contribution in [1.29, 1.82) is 5.26 Å². The second-order valence-electron chi connectivity index (χ2n) is 5.20. The minimum Gasteiger partial charge on any atom is -0.394 e. The van der Waals surface area contributed by atoms with E-state index in [1.165, 1.54) is 6.08 Å². The number of aliphatic hydroxyl groups excluding tert-OH is 1. The number of carbonyl (C=O) groups excluding carboxylic acids is 1. The first-order chi connectivity index (χ1) is 9.67. The van der Waals surface area contributed by atoms with Crippen molar-refractivity contribution in [3.8, 4) is 6.07 Å². The van der Waals surface area contributed by atoms with E-state index in [2.05, 4.69) is 5.32 Å². The minimum absolute atomic E-state index is 0.0105. The summed E-state index contributed by atoms with van der Waals surface area (Å²) in [6, 6.07) is 9.06. The monoisotopic (exact) mass is 270 g/mol. The molecular weight excluding hydrogens is 252 g/mol. The molecule has 2 rings (SSSR count). The number of rotatable bonds is 4. The van der Waals surface area contributed by atoms with Crippen LogP contribution in [-0.4, -0.2) is 23.2 Å². The average molecular weight is 270 g/mol. The maximum Gasteiger partial charge on any atom is 0.244 e. The number of hydrogen-bond donors (Lipinski definition) is 2. The van der Waals surface area contributed by atoms with E-state index in [-0.39, 0.29) is 12.5 Å². The van der Waals surface area contributed by atoms with Gasteiger partial charge in [0.2, 0.25) is 5.91 Å². The third-order valence-corrected chi connectivity index (χ3v) is 3.72. The van der Waals surface area contributed by atoms with Crippen LogP contribution >= 0.6 is 0 Å². The molecule has 0 heterocycles. The Labute approximate surface area is 118 Å². The Bertz CT molecular complexity index is 535. The topological polar surface area (TPSA) is 73.1 Å². The van der Waals surface area contributed by atoms with Gasteiger partial charge in [-0.3, -0.25) is 4.79 Å². The molecule has 1 aromatic carbocycles. The highest BCUT2D eigenvalue weighted by atomic mass is 16.3. The van der Waals surface area contributed by atoms with Gasteiger partial charge in [-0.15, -0.1) is 0 Å². The Morgan fingerprint density at radius 2 is 2.00 bits per heavy atom. The minimum atomic E-state index is -0.438. The number of nitriles is 1. The van der Waals surface area contributed by atoms with Crippen LogP contribution in [0.1, 0.15) is 36.8 Å². The van der Waals surface area contributed by atoms with Gasteiger partial charge in [-0.05, 0) is 36.6 Å². The van der Waals surface area contributed by atoms with Crippen molar-refractivity contribution in [2.45, 2.75) is 31.2 Å². The molecule has 4 nitrogen and oxygen atoms in total. The van der Waals surface area contributed by atoms with Crippen molar-refractivity contribution < 1.29 is 9.90 Å². The fourth-order valence-corrected chi connectivity index (χ4v) is 2.52. The molecule has 2 N–H and O–H groups in total. The summed E-state index contributed by atoms with van der Waals surface area (Å²) in [7, 11) is 0. The largest absolute Gasteiger partial charge is 0.394 e. The number of carbonyl (C=O) groups is 1. The van der Waals surface area contributed by atoms with Crippen LogP contribution in [0.2, 0.25) is 0 Å². The van der Waals surface area contributed by atoms with Crippen LogP contribution < -0.4 is 5.32 Å².